The highest BCUT2D eigenvalue weighted by atomic mass is 16.3. The van der Waals surface area contributed by atoms with E-state index < -0.39 is 0 Å². The maximum absolute atomic E-state index is 6.40. The molecule has 496 valence electrons. The molecule has 3 heterocycles. The fourth-order valence-corrected chi connectivity index (χ4v) is 17.7. The van der Waals surface area contributed by atoms with Crippen molar-refractivity contribution < 1.29 is 8.83 Å². The zero-order valence-corrected chi connectivity index (χ0v) is 58.1. The number of hydrogen-bond acceptors (Lipinski definition) is 2. The smallest absolute Gasteiger partial charge is 0.136 e. The van der Waals surface area contributed by atoms with Crippen LogP contribution in [-0.4, -0.2) is 4.57 Å². The van der Waals surface area contributed by atoms with Crippen LogP contribution in [0.1, 0.15) is 0 Å². The van der Waals surface area contributed by atoms with Gasteiger partial charge in [0.25, 0.3) is 0 Å². The van der Waals surface area contributed by atoms with E-state index in [4.69, 9.17) is 8.83 Å². The molecular formula is C104H63NO2. The van der Waals surface area contributed by atoms with Crippen LogP contribution in [0.25, 0.3) is 224 Å². The molecule has 0 spiro atoms. The van der Waals surface area contributed by atoms with Crippen LogP contribution in [0.5, 0.6) is 0 Å². The van der Waals surface area contributed by atoms with Crippen LogP contribution < -0.4 is 0 Å². The summed E-state index contributed by atoms with van der Waals surface area (Å²) in [6.07, 6.45) is 0. The zero-order valence-electron chi connectivity index (χ0n) is 58.1. The molecule has 0 aliphatic carbocycles. The number of rotatable bonds is 7. The summed E-state index contributed by atoms with van der Waals surface area (Å²) in [6, 6.07) is 139. The van der Waals surface area contributed by atoms with Gasteiger partial charge in [0.1, 0.15) is 22.3 Å². The first-order valence-electron chi connectivity index (χ1n) is 36.8. The summed E-state index contributed by atoms with van der Waals surface area (Å²) >= 11 is 0. The molecular weight excluding hydrogens is 1300 g/mol. The Hall–Kier alpha value is -14.1. The molecule has 23 rings (SSSR count). The Balaban J connectivity index is 0.000000134. The van der Waals surface area contributed by atoms with Crippen molar-refractivity contribution in [2.45, 2.75) is 0 Å². The van der Waals surface area contributed by atoms with E-state index in [1.165, 1.54) is 180 Å². The fraction of sp³-hybridized carbons (Fsp3) is 0. The van der Waals surface area contributed by atoms with Gasteiger partial charge < -0.3 is 13.4 Å². The van der Waals surface area contributed by atoms with Crippen molar-refractivity contribution in [1.82, 2.24) is 4.57 Å². The lowest BCUT2D eigenvalue weighted by Crippen LogP contribution is -1.92. The van der Waals surface area contributed by atoms with Crippen LogP contribution >= 0.6 is 0 Å². The number of benzene rings is 20. The Morgan fingerprint density at radius 1 is 0.159 bits per heavy atom. The Morgan fingerprint density at radius 2 is 0.514 bits per heavy atom. The van der Waals surface area contributed by atoms with Crippen molar-refractivity contribution in [3.05, 3.63) is 382 Å². The highest BCUT2D eigenvalue weighted by Crippen LogP contribution is 2.49. The second kappa shape index (κ2) is 24.3. The highest BCUT2D eigenvalue weighted by molar-refractivity contribution is 6.25. The molecule has 0 unspecified atom stereocenters. The Morgan fingerprint density at radius 3 is 1.04 bits per heavy atom. The molecule has 0 amide bonds. The summed E-state index contributed by atoms with van der Waals surface area (Å²) < 4.78 is 15.2. The van der Waals surface area contributed by atoms with Gasteiger partial charge in [-0.2, -0.15) is 0 Å². The van der Waals surface area contributed by atoms with E-state index in [0.717, 1.165) is 43.9 Å². The van der Waals surface area contributed by atoms with E-state index >= 15 is 0 Å². The van der Waals surface area contributed by atoms with Gasteiger partial charge in [0.05, 0.1) is 11.0 Å². The molecule has 20 aromatic carbocycles. The minimum absolute atomic E-state index is 0.908. The van der Waals surface area contributed by atoms with Gasteiger partial charge in [-0.05, 0) is 244 Å². The van der Waals surface area contributed by atoms with Crippen LogP contribution in [-0.2, 0) is 0 Å². The molecule has 0 aliphatic rings. The lowest BCUT2D eigenvalue weighted by Gasteiger charge is -2.18. The summed E-state index contributed by atoms with van der Waals surface area (Å²) in [5, 5.41) is 26.9. The van der Waals surface area contributed by atoms with Crippen LogP contribution in [0.15, 0.2) is 391 Å². The third-order valence-electron chi connectivity index (χ3n) is 22.5. The van der Waals surface area contributed by atoms with Gasteiger partial charge >= 0.3 is 0 Å². The average Bonchev–Trinajstić information content (AvgIpc) is 1.74. The van der Waals surface area contributed by atoms with E-state index in [0.29, 0.717) is 0 Å². The molecule has 3 heteroatoms. The number of fused-ring (bicyclic) bond motifs is 18. The quantitative estimate of drug-likeness (QED) is 0.118. The molecule has 23 aromatic rings. The highest BCUT2D eigenvalue weighted by Gasteiger charge is 2.23. The zero-order chi connectivity index (χ0) is 70.2. The molecule has 0 saturated heterocycles. The maximum Gasteiger partial charge on any atom is 0.136 e. The molecule has 107 heavy (non-hydrogen) atoms. The predicted molar refractivity (Wildman–Crippen MR) is 454 cm³/mol. The Kier molecular flexibility index (Phi) is 13.7. The Bertz CT molecular complexity index is 7500. The second-order valence-electron chi connectivity index (χ2n) is 28.5. The third kappa shape index (κ3) is 9.75. The number of furan rings is 2. The summed E-state index contributed by atoms with van der Waals surface area (Å²) in [4.78, 5) is 0. The molecule has 0 atom stereocenters. The number of hydrogen-bond donors (Lipinski definition) is 0. The minimum Gasteiger partial charge on any atom is -0.456 e. The maximum atomic E-state index is 6.40. The monoisotopic (exact) mass is 1360 g/mol. The fourth-order valence-electron chi connectivity index (χ4n) is 17.7. The topological polar surface area (TPSA) is 31.2 Å². The van der Waals surface area contributed by atoms with Gasteiger partial charge in [0.15, 0.2) is 0 Å². The molecule has 0 bridgehead atoms. The van der Waals surface area contributed by atoms with E-state index in [9.17, 15) is 0 Å². The second-order valence-corrected chi connectivity index (χ2v) is 28.5. The van der Waals surface area contributed by atoms with E-state index in [1.807, 2.05) is 0 Å². The molecule has 0 N–H and O–H groups in total. The molecule has 0 radical (unpaired) electrons. The van der Waals surface area contributed by atoms with Gasteiger partial charge in [-0.15, -0.1) is 0 Å². The SMILES string of the molecule is c1cc(-c2c3ccccc3c(-c3ccc4oc5cc6ccccc6cc5c4c3)c3ccccc23)cc(-c2cc3ccccc3c3ccccc23)c1.c1ccc(-n2c3ccccc3c3cc(-c4ccc(-c5c6ccccc6c(-c6ccc7oc8cc9ccccc9cc8c7c6)c6ccccc56)cc4)ccc32)cc1. The third-order valence-corrected chi connectivity index (χ3v) is 22.5. The largest absolute Gasteiger partial charge is 0.456 e. The van der Waals surface area contributed by atoms with Crippen molar-refractivity contribution in [3.8, 4) is 72.4 Å². The summed E-state index contributed by atoms with van der Waals surface area (Å²) in [5.74, 6) is 0. The minimum atomic E-state index is 0.908. The van der Waals surface area contributed by atoms with Crippen molar-refractivity contribution in [1.29, 1.82) is 0 Å². The number of nitrogens with zero attached hydrogens (tertiary/aromatic N) is 1. The summed E-state index contributed by atoms with van der Waals surface area (Å²) in [7, 11) is 0. The van der Waals surface area contributed by atoms with Crippen LogP contribution in [0.3, 0.4) is 0 Å². The summed E-state index contributed by atoms with van der Waals surface area (Å²) in [6.45, 7) is 0. The lowest BCUT2D eigenvalue weighted by atomic mass is 9.85. The van der Waals surface area contributed by atoms with Crippen LogP contribution in [0, 0.1) is 0 Å². The Labute approximate surface area is 615 Å². The van der Waals surface area contributed by atoms with Crippen molar-refractivity contribution in [2.75, 3.05) is 0 Å². The van der Waals surface area contributed by atoms with Gasteiger partial charge in [-0.3, -0.25) is 0 Å². The molecule has 3 nitrogen and oxygen atoms in total. The standard InChI is InChI=1S/C54H33NO.C50H30O/c1-2-14-40(15-3-1)55-49-21-11-10-16-41(49)46-30-38(26-28-50(46)55)34-22-24-35(25-23-34)53-42-17-6-8-19-44(42)54(45-20-9-7-18-43(45)53)39-27-29-51-47(32-39)48-31-36-12-4-5-13-37(36)33-52(48)56-51;1-2-13-32-30-48-46(27-31(32)12-1)45-29-36(24-25-47(45)51-48)50-42-22-9-7-20-40(42)49(41-21-8-10-23-43(41)50)35-16-11-15-33(26-35)44-28-34-14-3-4-17-37(34)38-18-5-6-19-39(38)44/h1-33H;1-30H. The van der Waals surface area contributed by atoms with E-state index in [1.54, 1.807) is 0 Å². The predicted octanol–water partition coefficient (Wildman–Crippen LogP) is 29.5. The number of aromatic nitrogens is 1. The van der Waals surface area contributed by atoms with Gasteiger partial charge in [0, 0.05) is 38.0 Å². The van der Waals surface area contributed by atoms with Crippen molar-refractivity contribution in [2.24, 2.45) is 0 Å². The first-order valence-corrected chi connectivity index (χ1v) is 36.8. The van der Waals surface area contributed by atoms with Crippen molar-refractivity contribution in [3.63, 3.8) is 0 Å². The summed E-state index contributed by atoms with van der Waals surface area (Å²) in [5.41, 5.74) is 22.0. The molecule has 0 aliphatic heterocycles. The molecule has 0 fully saturated rings. The van der Waals surface area contributed by atoms with Gasteiger partial charge in [-0.25, -0.2) is 0 Å². The number of para-hydroxylation sites is 2. The lowest BCUT2D eigenvalue weighted by molar-refractivity contribution is 0.669. The van der Waals surface area contributed by atoms with E-state index in [2.05, 4.69) is 387 Å². The molecule has 0 saturated carbocycles. The average molecular weight is 1360 g/mol. The first-order chi connectivity index (χ1) is 53.0. The van der Waals surface area contributed by atoms with E-state index in [-0.39, 0.29) is 0 Å². The normalized spacial score (nSPS) is 11.9. The van der Waals surface area contributed by atoms with Crippen LogP contribution in [0.4, 0.5) is 0 Å². The van der Waals surface area contributed by atoms with Gasteiger partial charge in [-0.1, -0.05) is 291 Å². The van der Waals surface area contributed by atoms with Crippen molar-refractivity contribution >= 4 is 152 Å². The first kappa shape index (κ1) is 60.5. The van der Waals surface area contributed by atoms with Gasteiger partial charge in [0.2, 0.25) is 0 Å². The molecule has 3 aromatic heterocycles. The van der Waals surface area contributed by atoms with Crippen LogP contribution in [0.2, 0.25) is 0 Å².